The van der Waals surface area contributed by atoms with Crippen LogP contribution in [0.1, 0.15) is 46.0 Å². The number of Topliss-reactive ketones (excluding diaryl/α,β-unsaturated/α-hetero) is 1. The molecule has 0 unspecified atom stereocenters. The second-order valence-corrected chi connectivity index (χ2v) is 5.68. The maximum Gasteiger partial charge on any atom is 0.341 e. The van der Waals surface area contributed by atoms with E-state index in [2.05, 4.69) is 0 Å². The lowest BCUT2D eigenvalue weighted by atomic mass is 9.62. The van der Waals surface area contributed by atoms with Crippen molar-refractivity contribution in [2.75, 3.05) is 7.11 Å². The lowest BCUT2D eigenvalue weighted by Crippen LogP contribution is -2.45. The molecule has 0 saturated heterocycles. The molecule has 110 valence electrons. The van der Waals surface area contributed by atoms with E-state index in [0.717, 1.165) is 18.4 Å². The molecule has 0 spiro atoms. The van der Waals surface area contributed by atoms with Crippen molar-refractivity contribution >= 4 is 17.7 Å². The number of methoxy groups -OCH3 is 1. The average molecular weight is 280 g/mol. The summed E-state index contributed by atoms with van der Waals surface area (Å²) in [6, 6.07) is 0. The molecule has 0 aromatic carbocycles. The highest BCUT2D eigenvalue weighted by atomic mass is 16.5. The molecular formula is C15H20O5. The van der Waals surface area contributed by atoms with E-state index in [9.17, 15) is 14.4 Å². The third-order valence-electron chi connectivity index (χ3n) is 4.44. The molecule has 2 aliphatic carbocycles. The Kier molecular flexibility index (Phi) is 3.97. The second kappa shape index (κ2) is 5.38. The molecule has 0 aliphatic heterocycles. The fraction of sp³-hybridized carbons (Fsp3) is 0.667. The van der Waals surface area contributed by atoms with E-state index in [1.54, 1.807) is 0 Å². The van der Waals surface area contributed by atoms with Crippen molar-refractivity contribution in [2.24, 2.45) is 5.41 Å². The van der Waals surface area contributed by atoms with Crippen molar-refractivity contribution in [3.63, 3.8) is 0 Å². The topological polar surface area (TPSA) is 69.7 Å². The average Bonchev–Trinajstić information content (AvgIpc) is 2.39. The number of carbonyl (C=O) groups is 3. The van der Waals surface area contributed by atoms with E-state index in [4.69, 9.17) is 9.47 Å². The predicted octanol–water partition coefficient (Wildman–Crippen LogP) is 1.94. The molecule has 5 nitrogen and oxygen atoms in total. The Hall–Kier alpha value is -1.65. The van der Waals surface area contributed by atoms with Crippen LogP contribution in [0.3, 0.4) is 0 Å². The Bertz CT molecular complexity index is 490. The molecule has 0 aromatic heterocycles. The molecule has 0 aromatic rings. The van der Waals surface area contributed by atoms with E-state index in [1.807, 2.05) is 6.92 Å². The number of hydrogen-bond acceptors (Lipinski definition) is 5. The smallest absolute Gasteiger partial charge is 0.341 e. The summed E-state index contributed by atoms with van der Waals surface area (Å²) in [5.74, 6) is -1.05. The van der Waals surface area contributed by atoms with Gasteiger partial charge in [0, 0.05) is 18.8 Å². The maximum atomic E-state index is 12.1. The van der Waals surface area contributed by atoms with Crippen molar-refractivity contribution in [2.45, 2.75) is 52.1 Å². The van der Waals surface area contributed by atoms with Crippen LogP contribution in [0, 0.1) is 5.41 Å². The number of rotatable bonds is 2. The van der Waals surface area contributed by atoms with Gasteiger partial charge >= 0.3 is 11.9 Å². The Balaban J connectivity index is 2.46. The lowest BCUT2D eigenvalue weighted by Gasteiger charge is -2.45. The van der Waals surface area contributed by atoms with Gasteiger partial charge in [0.2, 0.25) is 0 Å². The fourth-order valence-corrected chi connectivity index (χ4v) is 3.38. The molecule has 2 rings (SSSR count). The molecular weight excluding hydrogens is 260 g/mol. The van der Waals surface area contributed by atoms with E-state index < -0.39 is 11.4 Å². The minimum atomic E-state index is -0.570. The van der Waals surface area contributed by atoms with Crippen LogP contribution in [0.4, 0.5) is 0 Å². The largest absolute Gasteiger partial charge is 0.465 e. The van der Waals surface area contributed by atoms with Gasteiger partial charge in [0.15, 0.2) is 5.78 Å². The van der Waals surface area contributed by atoms with Crippen molar-refractivity contribution in [1.82, 2.24) is 0 Å². The standard InChI is InChI=1S/C15H20O5/c1-9(16)20-12-6-4-5-10-13(14(18)19-3)11(17)7-8-15(10,12)2/h12H,4-8H2,1-3H3/t12-,15-/m0/s1. The van der Waals surface area contributed by atoms with Gasteiger partial charge < -0.3 is 9.47 Å². The van der Waals surface area contributed by atoms with Gasteiger partial charge in [-0.15, -0.1) is 0 Å². The van der Waals surface area contributed by atoms with Crippen molar-refractivity contribution < 1.29 is 23.9 Å². The number of fused-ring (bicyclic) bond motifs is 1. The number of ketones is 1. The van der Waals surface area contributed by atoms with Crippen LogP contribution in [0.25, 0.3) is 0 Å². The molecule has 5 heteroatoms. The van der Waals surface area contributed by atoms with Gasteiger partial charge in [0.1, 0.15) is 11.7 Å². The van der Waals surface area contributed by atoms with Crippen LogP contribution in [-0.2, 0) is 23.9 Å². The summed E-state index contributed by atoms with van der Waals surface area (Å²) >= 11 is 0. The quantitative estimate of drug-likeness (QED) is 0.571. The van der Waals surface area contributed by atoms with E-state index >= 15 is 0 Å². The van der Waals surface area contributed by atoms with Crippen LogP contribution in [0.2, 0.25) is 0 Å². The predicted molar refractivity (Wildman–Crippen MR) is 70.8 cm³/mol. The summed E-state index contributed by atoms with van der Waals surface area (Å²) in [6.45, 7) is 3.36. The summed E-state index contributed by atoms with van der Waals surface area (Å²) in [5, 5.41) is 0. The highest BCUT2D eigenvalue weighted by Gasteiger charge is 2.48. The third-order valence-corrected chi connectivity index (χ3v) is 4.44. The molecule has 0 radical (unpaired) electrons. The van der Waals surface area contributed by atoms with E-state index in [0.29, 0.717) is 19.3 Å². The number of esters is 2. The van der Waals surface area contributed by atoms with Gasteiger partial charge in [-0.3, -0.25) is 9.59 Å². The summed E-state index contributed by atoms with van der Waals surface area (Å²) in [6.07, 6.45) is 2.89. The fourth-order valence-electron chi connectivity index (χ4n) is 3.38. The lowest BCUT2D eigenvalue weighted by molar-refractivity contribution is -0.154. The Morgan fingerprint density at radius 3 is 2.60 bits per heavy atom. The second-order valence-electron chi connectivity index (χ2n) is 5.68. The maximum absolute atomic E-state index is 12.1. The molecule has 0 bridgehead atoms. The van der Waals surface area contributed by atoms with Crippen molar-refractivity contribution in [3.05, 3.63) is 11.1 Å². The molecule has 2 atom stereocenters. The first-order valence-corrected chi connectivity index (χ1v) is 6.92. The highest BCUT2D eigenvalue weighted by Crippen LogP contribution is 2.50. The molecule has 1 fully saturated rings. The molecule has 0 N–H and O–H groups in total. The van der Waals surface area contributed by atoms with Gasteiger partial charge in [-0.2, -0.15) is 0 Å². The zero-order valence-corrected chi connectivity index (χ0v) is 12.2. The van der Waals surface area contributed by atoms with Crippen LogP contribution in [0.5, 0.6) is 0 Å². The number of carbonyl (C=O) groups excluding carboxylic acids is 3. The zero-order chi connectivity index (χ0) is 14.9. The van der Waals surface area contributed by atoms with Crippen molar-refractivity contribution in [3.8, 4) is 0 Å². The first-order chi connectivity index (χ1) is 9.40. The third kappa shape index (κ3) is 2.37. The summed E-state index contributed by atoms with van der Waals surface area (Å²) in [4.78, 5) is 35.2. The summed E-state index contributed by atoms with van der Waals surface area (Å²) in [7, 11) is 1.28. The molecule has 2 aliphatic rings. The van der Waals surface area contributed by atoms with Crippen LogP contribution >= 0.6 is 0 Å². The normalized spacial score (nSPS) is 29.8. The molecule has 0 heterocycles. The van der Waals surface area contributed by atoms with Crippen molar-refractivity contribution in [1.29, 1.82) is 0 Å². The van der Waals surface area contributed by atoms with Gasteiger partial charge in [-0.1, -0.05) is 6.92 Å². The minimum absolute atomic E-state index is 0.159. The Morgan fingerprint density at radius 2 is 2.00 bits per heavy atom. The Morgan fingerprint density at radius 1 is 1.30 bits per heavy atom. The highest BCUT2D eigenvalue weighted by molar-refractivity contribution is 6.18. The SMILES string of the molecule is COC(=O)C1=C2CCC[C@H](OC(C)=O)[C@@]2(C)CCC1=O. The first kappa shape index (κ1) is 14.8. The zero-order valence-electron chi connectivity index (χ0n) is 12.2. The monoisotopic (exact) mass is 280 g/mol. The molecule has 0 amide bonds. The minimum Gasteiger partial charge on any atom is -0.465 e. The Labute approximate surface area is 118 Å². The van der Waals surface area contributed by atoms with Crippen LogP contribution in [0.15, 0.2) is 11.1 Å². The molecule has 1 saturated carbocycles. The number of ether oxygens (including phenoxy) is 2. The summed E-state index contributed by atoms with van der Waals surface area (Å²) < 4.78 is 10.2. The first-order valence-electron chi connectivity index (χ1n) is 6.92. The van der Waals surface area contributed by atoms with Gasteiger partial charge in [0.05, 0.1) is 7.11 Å². The summed E-state index contributed by atoms with van der Waals surface area (Å²) in [5.41, 5.74) is 0.553. The van der Waals surface area contributed by atoms with E-state index in [-0.39, 0.29) is 23.4 Å². The van der Waals surface area contributed by atoms with Gasteiger partial charge in [-0.25, -0.2) is 4.79 Å². The van der Waals surface area contributed by atoms with Crippen LogP contribution < -0.4 is 0 Å². The van der Waals surface area contributed by atoms with E-state index in [1.165, 1.54) is 14.0 Å². The van der Waals surface area contributed by atoms with Gasteiger partial charge in [-0.05, 0) is 31.3 Å². The number of hydrogen-bond donors (Lipinski definition) is 0. The van der Waals surface area contributed by atoms with Crippen LogP contribution in [-0.4, -0.2) is 30.9 Å². The molecule has 20 heavy (non-hydrogen) atoms. The van der Waals surface area contributed by atoms with Gasteiger partial charge in [0.25, 0.3) is 0 Å².